The molecule has 0 unspecified atom stereocenters. The summed E-state index contributed by atoms with van der Waals surface area (Å²) in [6.07, 6.45) is 6.26. The molecule has 6 nitrogen and oxygen atoms in total. The number of amides is 1. The first-order chi connectivity index (χ1) is 12.0. The first kappa shape index (κ1) is 18.3. The topological polar surface area (TPSA) is 79.4 Å². The maximum atomic E-state index is 12.5. The third-order valence-corrected chi connectivity index (χ3v) is 7.13. The van der Waals surface area contributed by atoms with Gasteiger partial charge in [-0.15, -0.1) is 0 Å². The van der Waals surface area contributed by atoms with Crippen molar-refractivity contribution in [3.05, 3.63) is 29.1 Å². The summed E-state index contributed by atoms with van der Waals surface area (Å²) < 4.78 is 25.8. The van der Waals surface area contributed by atoms with E-state index in [0.29, 0.717) is 38.0 Å². The zero-order valence-corrected chi connectivity index (χ0v) is 15.6. The Bertz CT molecular complexity index is 725. The second kappa shape index (κ2) is 7.83. The Morgan fingerprint density at radius 3 is 2.68 bits per heavy atom. The van der Waals surface area contributed by atoms with Crippen molar-refractivity contribution in [2.24, 2.45) is 0 Å². The van der Waals surface area contributed by atoms with Gasteiger partial charge in [0, 0.05) is 24.8 Å². The highest BCUT2D eigenvalue weighted by atomic mass is 32.2. The number of hydrogen-bond donors (Lipinski definition) is 1. The Morgan fingerprint density at radius 2 is 1.96 bits per heavy atom. The van der Waals surface area contributed by atoms with E-state index in [9.17, 15) is 13.2 Å². The van der Waals surface area contributed by atoms with Gasteiger partial charge >= 0.3 is 0 Å². The van der Waals surface area contributed by atoms with Gasteiger partial charge < -0.3 is 5.32 Å². The number of sulfonamides is 1. The lowest BCUT2D eigenvalue weighted by Gasteiger charge is -2.31. The van der Waals surface area contributed by atoms with Gasteiger partial charge in [0.05, 0.1) is 5.75 Å². The maximum Gasteiger partial charge on any atom is 0.270 e. The molecule has 0 radical (unpaired) electrons. The predicted molar refractivity (Wildman–Crippen MR) is 97.0 cm³/mol. The van der Waals surface area contributed by atoms with Crippen molar-refractivity contribution in [3.8, 4) is 0 Å². The molecule has 0 bridgehead atoms. The number of pyridine rings is 1. The summed E-state index contributed by atoms with van der Waals surface area (Å²) in [7, 11) is -3.14. The summed E-state index contributed by atoms with van der Waals surface area (Å²) in [4.78, 5) is 17.0. The van der Waals surface area contributed by atoms with Crippen LogP contribution in [0.15, 0.2) is 12.1 Å². The molecule has 1 fully saturated rings. The number of nitrogens with one attached hydrogen (secondary N) is 1. The smallest absolute Gasteiger partial charge is 0.270 e. The van der Waals surface area contributed by atoms with Crippen molar-refractivity contribution < 1.29 is 13.2 Å². The first-order valence-electron chi connectivity index (χ1n) is 9.27. The van der Waals surface area contributed by atoms with Crippen LogP contribution in [-0.4, -0.2) is 48.5 Å². The number of carbonyl (C=O) groups is 1. The molecule has 0 aromatic carbocycles. The van der Waals surface area contributed by atoms with Gasteiger partial charge in [-0.3, -0.25) is 4.79 Å². The average Bonchev–Trinajstić information content (AvgIpc) is 2.61. The molecule has 1 N–H and O–H groups in total. The van der Waals surface area contributed by atoms with Crippen LogP contribution >= 0.6 is 0 Å². The second-order valence-electron chi connectivity index (χ2n) is 6.97. The molecule has 1 saturated heterocycles. The molecule has 3 rings (SSSR count). The molecule has 1 aliphatic carbocycles. The van der Waals surface area contributed by atoms with E-state index >= 15 is 0 Å². The summed E-state index contributed by atoms with van der Waals surface area (Å²) in [5.41, 5.74) is 2.79. The Labute approximate surface area is 150 Å². The van der Waals surface area contributed by atoms with Crippen LogP contribution < -0.4 is 5.32 Å². The van der Waals surface area contributed by atoms with E-state index in [4.69, 9.17) is 0 Å². The standard InChI is InChI=1S/C18H27N3O3S/c1-2-13-25(23,24)21-11-9-15(10-12-21)19-18(22)17-8-7-14-5-3-4-6-16(14)20-17/h7-8,15H,2-6,9-13H2,1H3,(H,19,22). The Balaban J connectivity index is 1.56. The fourth-order valence-electron chi connectivity index (χ4n) is 3.63. The van der Waals surface area contributed by atoms with Crippen molar-refractivity contribution in [1.82, 2.24) is 14.6 Å². The number of aryl methyl sites for hydroxylation is 2. The van der Waals surface area contributed by atoms with E-state index in [2.05, 4.69) is 10.3 Å². The number of hydrogen-bond acceptors (Lipinski definition) is 4. The Morgan fingerprint density at radius 1 is 1.24 bits per heavy atom. The predicted octanol–water partition coefficient (Wildman–Crippen LogP) is 1.89. The second-order valence-corrected chi connectivity index (χ2v) is 9.06. The van der Waals surface area contributed by atoms with Crippen LogP contribution in [-0.2, 0) is 22.9 Å². The molecule has 1 aromatic rings. The number of aromatic nitrogens is 1. The minimum atomic E-state index is -3.14. The van der Waals surface area contributed by atoms with Crippen molar-refractivity contribution in [3.63, 3.8) is 0 Å². The molecule has 1 aromatic heterocycles. The number of rotatable bonds is 5. The SMILES string of the molecule is CCCS(=O)(=O)N1CCC(NC(=O)c2ccc3c(n2)CCCC3)CC1. The molecule has 0 atom stereocenters. The highest BCUT2D eigenvalue weighted by Crippen LogP contribution is 2.20. The molecule has 1 aliphatic heterocycles. The van der Waals surface area contributed by atoms with E-state index in [0.717, 1.165) is 25.0 Å². The number of nitrogens with zero attached hydrogens (tertiary/aromatic N) is 2. The van der Waals surface area contributed by atoms with Crippen molar-refractivity contribution in [2.45, 2.75) is 57.9 Å². The van der Waals surface area contributed by atoms with Gasteiger partial charge in [-0.2, -0.15) is 0 Å². The van der Waals surface area contributed by atoms with Crippen molar-refractivity contribution in [2.75, 3.05) is 18.8 Å². The molecule has 2 aliphatic rings. The Hall–Kier alpha value is -1.47. The van der Waals surface area contributed by atoms with Crippen LogP contribution in [0.2, 0.25) is 0 Å². The van der Waals surface area contributed by atoms with E-state index in [1.165, 1.54) is 12.0 Å². The van der Waals surface area contributed by atoms with Crippen LogP contribution in [0.5, 0.6) is 0 Å². The molecule has 0 spiro atoms. The minimum Gasteiger partial charge on any atom is -0.348 e. The highest BCUT2D eigenvalue weighted by molar-refractivity contribution is 7.89. The number of piperidine rings is 1. The molecule has 25 heavy (non-hydrogen) atoms. The van der Waals surface area contributed by atoms with Crippen LogP contribution in [0.1, 0.15) is 60.8 Å². The average molecular weight is 365 g/mol. The van der Waals surface area contributed by atoms with Gasteiger partial charge in [-0.25, -0.2) is 17.7 Å². The zero-order valence-electron chi connectivity index (χ0n) is 14.8. The number of fused-ring (bicyclic) bond motifs is 1. The number of carbonyl (C=O) groups excluding carboxylic acids is 1. The van der Waals surface area contributed by atoms with Gasteiger partial charge in [0.1, 0.15) is 5.69 Å². The summed E-state index contributed by atoms with van der Waals surface area (Å²) in [5, 5.41) is 3.02. The lowest BCUT2D eigenvalue weighted by atomic mass is 9.96. The third kappa shape index (κ3) is 4.39. The van der Waals surface area contributed by atoms with Crippen LogP contribution in [0, 0.1) is 0 Å². The fraction of sp³-hybridized carbons (Fsp3) is 0.667. The van der Waals surface area contributed by atoms with Gasteiger partial charge in [0.2, 0.25) is 10.0 Å². The van der Waals surface area contributed by atoms with E-state index < -0.39 is 10.0 Å². The molecule has 0 saturated carbocycles. The summed E-state index contributed by atoms with van der Waals surface area (Å²) >= 11 is 0. The first-order valence-corrected chi connectivity index (χ1v) is 10.9. The van der Waals surface area contributed by atoms with E-state index in [-0.39, 0.29) is 17.7 Å². The summed E-state index contributed by atoms with van der Waals surface area (Å²) in [5.74, 6) is 0.0477. The lowest BCUT2D eigenvalue weighted by molar-refractivity contribution is 0.0918. The van der Waals surface area contributed by atoms with Gasteiger partial charge in [0.25, 0.3) is 5.91 Å². The van der Waals surface area contributed by atoms with Crippen molar-refractivity contribution >= 4 is 15.9 Å². The normalized spacial score (nSPS) is 19.4. The largest absolute Gasteiger partial charge is 0.348 e. The maximum absolute atomic E-state index is 12.5. The molecular formula is C18H27N3O3S. The monoisotopic (exact) mass is 365 g/mol. The van der Waals surface area contributed by atoms with Crippen LogP contribution in [0.25, 0.3) is 0 Å². The molecule has 1 amide bonds. The van der Waals surface area contributed by atoms with E-state index in [1.54, 1.807) is 10.4 Å². The van der Waals surface area contributed by atoms with Gasteiger partial charge in [0.15, 0.2) is 0 Å². The molecular weight excluding hydrogens is 338 g/mol. The molecule has 138 valence electrons. The summed E-state index contributed by atoms with van der Waals surface area (Å²) in [6, 6.07) is 3.84. The van der Waals surface area contributed by atoms with Gasteiger partial charge in [-0.05, 0) is 56.6 Å². The molecule has 2 heterocycles. The quantitative estimate of drug-likeness (QED) is 0.864. The van der Waals surface area contributed by atoms with E-state index in [1.807, 2.05) is 13.0 Å². The van der Waals surface area contributed by atoms with Crippen LogP contribution in [0.3, 0.4) is 0 Å². The highest BCUT2D eigenvalue weighted by Gasteiger charge is 2.28. The van der Waals surface area contributed by atoms with Crippen LogP contribution in [0.4, 0.5) is 0 Å². The zero-order chi connectivity index (χ0) is 17.9. The minimum absolute atomic E-state index is 0.0124. The lowest BCUT2D eigenvalue weighted by Crippen LogP contribution is -2.47. The summed E-state index contributed by atoms with van der Waals surface area (Å²) in [6.45, 7) is 2.83. The third-order valence-electron chi connectivity index (χ3n) is 5.06. The molecule has 7 heteroatoms. The van der Waals surface area contributed by atoms with Crippen molar-refractivity contribution in [1.29, 1.82) is 0 Å². The fourth-order valence-corrected chi connectivity index (χ4v) is 5.17. The van der Waals surface area contributed by atoms with Gasteiger partial charge in [-0.1, -0.05) is 13.0 Å². The Kier molecular flexibility index (Phi) is 5.74.